The van der Waals surface area contributed by atoms with E-state index in [4.69, 9.17) is 0 Å². The molecule has 2 aromatic rings. The molecule has 2 aromatic carbocycles. The van der Waals surface area contributed by atoms with Gasteiger partial charge in [-0.25, -0.2) is 13.1 Å². The molecule has 0 aliphatic heterocycles. The fraction of sp³-hybridized carbons (Fsp3) is 0.0667. The van der Waals surface area contributed by atoms with Gasteiger partial charge in [0.25, 0.3) is 0 Å². The predicted octanol–water partition coefficient (Wildman–Crippen LogP) is 0.781. The number of carbonyl (C=O) groups is 2. The molecule has 0 atom stereocenters. The molecule has 3 rings (SSSR count). The second-order valence-electron chi connectivity index (χ2n) is 4.91. The summed E-state index contributed by atoms with van der Waals surface area (Å²) in [7, 11) is -3.01. The third-order valence-electron chi connectivity index (χ3n) is 3.69. The lowest BCUT2D eigenvalue weighted by molar-refractivity contribution is 0.0975. The van der Waals surface area contributed by atoms with Crippen molar-refractivity contribution in [1.29, 1.82) is 0 Å². The maximum atomic E-state index is 12.5. The van der Waals surface area contributed by atoms with E-state index in [1.807, 2.05) is 4.72 Å². The van der Waals surface area contributed by atoms with E-state index < -0.39 is 43.5 Å². The quantitative estimate of drug-likeness (QED) is 0.596. The van der Waals surface area contributed by atoms with Gasteiger partial charge in [0, 0.05) is 16.7 Å². The number of hydrogen-bond donors (Lipinski definition) is 3. The van der Waals surface area contributed by atoms with E-state index in [9.17, 15) is 28.2 Å². The number of benzene rings is 2. The Morgan fingerprint density at radius 3 is 2.04 bits per heavy atom. The first kappa shape index (κ1) is 15.2. The molecule has 0 aromatic heterocycles. The molecule has 23 heavy (non-hydrogen) atoms. The molecule has 0 bridgehead atoms. The van der Waals surface area contributed by atoms with Gasteiger partial charge in [-0.3, -0.25) is 9.59 Å². The average Bonchev–Trinajstić information content (AvgIpc) is 2.54. The molecular formula is C15H11NO6S. The second kappa shape index (κ2) is 4.90. The number of hydrogen-bond acceptors (Lipinski definition) is 6. The van der Waals surface area contributed by atoms with Crippen LogP contribution in [0.3, 0.4) is 0 Å². The smallest absolute Gasteiger partial charge is 0.244 e. The van der Waals surface area contributed by atoms with Crippen molar-refractivity contribution >= 4 is 21.6 Å². The summed E-state index contributed by atoms with van der Waals surface area (Å²) < 4.78 is 25.8. The molecular weight excluding hydrogens is 322 g/mol. The Balaban J connectivity index is 2.39. The predicted molar refractivity (Wildman–Crippen MR) is 79.3 cm³/mol. The Morgan fingerprint density at radius 2 is 1.48 bits per heavy atom. The van der Waals surface area contributed by atoms with Crippen LogP contribution < -0.4 is 4.72 Å². The third-order valence-corrected chi connectivity index (χ3v) is 5.11. The van der Waals surface area contributed by atoms with Crippen molar-refractivity contribution in [3.8, 4) is 11.5 Å². The lowest BCUT2D eigenvalue weighted by Gasteiger charge is -2.20. The van der Waals surface area contributed by atoms with Gasteiger partial charge in [-0.1, -0.05) is 24.3 Å². The standard InChI is InChI=1S/C15H11NO6S/c1-16-23(21,22)10-6-9-11(15(20)14(10)19)13(18)8-5-3-2-4-7(8)12(9)17/h2-6,16,19-20H,1H3. The minimum atomic E-state index is -4.13. The van der Waals surface area contributed by atoms with Crippen LogP contribution in [0.2, 0.25) is 0 Å². The molecule has 8 heteroatoms. The zero-order valence-electron chi connectivity index (χ0n) is 11.8. The van der Waals surface area contributed by atoms with Gasteiger partial charge in [0.05, 0.1) is 5.56 Å². The highest BCUT2D eigenvalue weighted by molar-refractivity contribution is 7.89. The summed E-state index contributed by atoms with van der Waals surface area (Å²) in [5.41, 5.74) is -0.467. The van der Waals surface area contributed by atoms with Crippen LogP contribution in [0, 0.1) is 0 Å². The van der Waals surface area contributed by atoms with E-state index >= 15 is 0 Å². The van der Waals surface area contributed by atoms with E-state index in [1.54, 1.807) is 12.1 Å². The normalized spacial score (nSPS) is 13.6. The zero-order valence-corrected chi connectivity index (χ0v) is 12.6. The molecule has 0 fully saturated rings. The van der Waals surface area contributed by atoms with Crippen molar-refractivity contribution < 1.29 is 28.2 Å². The van der Waals surface area contributed by atoms with Crippen molar-refractivity contribution in [1.82, 2.24) is 4.72 Å². The summed E-state index contributed by atoms with van der Waals surface area (Å²) in [6.07, 6.45) is 0. The summed E-state index contributed by atoms with van der Waals surface area (Å²) in [6.45, 7) is 0. The molecule has 0 amide bonds. The largest absolute Gasteiger partial charge is 0.504 e. The van der Waals surface area contributed by atoms with Gasteiger partial charge in [0.15, 0.2) is 23.1 Å². The van der Waals surface area contributed by atoms with Gasteiger partial charge in [0.2, 0.25) is 10.0 Å². The number of nitrogens with one attached hydrogen (secondary N) is 1. The van der Waals surface area contributed by atoms with Crippen LogP contribution >= 0.6 is 0 Å². The minimum Gasteiger partial charge on any atom is -0.504 e. The van der Waals surface area contributed by atoms with Crippen LogP contribution in [0.15, 0.2) is 35.2 Å². The lowest BCUT2D eigenvalue weighted by Crippen LogP contribution is -2.24. The molecule has 0 saturated carbocycles. The van der Waals surface area contributed by atoms with Gasteiger partial charge in [-0.05, 0) is 13.1 Å². The molecule has 0 heterocycles. The summed E-state index contributed by atoms with van der Waals surface area (Å²) in [4.78, 5) is 24.3. The zero-order chi connectivity index (χ0) is 16.9. The maximum absolute atomic E-state index is 12.5. The van der Waals surface area contributed by atoms with Crippen molar-refractivity contribution in [2.75, 3.05) is 7.05 Å². The first-order valence-corrected chi connectivity index (χ1v) is 7.98. The number of fused-ring (bicyclic) bond motifs is 2. The van der Waals surface area contributed by atoms with Crippen LogP contribution in [-0.2, 0) is 10.0 Å². The highest BCUT2D eigenvalue weighted by Gasteiger charge is 2.36. The molecule has 0 unspecified atom stereocenters. The Hall–Kier alpha value is -2.71. The van der Waals surface area contributed by atoms with E-state index in [1.165, 1.54) is 12.1 Å². The topological polar surface area (TPSA) is 121 Å². The number of carbonyl (C=O) groups excluding carboxylic acids is 2. The Morgan fingerprint density at radius 1 is 0.913 bits per heavy atom. The van der Waals surface area contributed by atoms with Crippen LogP contribution in [-0.4, -0.2) is 37.2 Å². The van der Waals surface area contributed by atoms with E-state index in [0.29, 0.717) is 0 Å². The fourth-order valence-electron chi connectivity index (χ4n) is 2.52. The lowest BCUT2D eigenvalue weighted by atomic mass is 9.83. The molecule has 0 spiro atoms. The molecule has 118 valence electrons. The van der Waals surface area contributed by atoms with Crippen LogP contribution in [0.25, 0.3) is 0 Å². The number of rotatable bonds is 2. The van der Waals surface area contributed by atoms with Crippen LogP contribution in [0.5, 0.6) is 11.5 Å². The molecule has 7 nitrogen and oxygen atoms in total. The van der Waals surface area contributed by atoms with Gasteiger partial charge in [-0.2, -0.15) is 0 Å². The number of phenolic OH excluding ortho intramolecular Hbond substituents is 2. The second-order valence-corrected chi connectivity index (χ2v) is 6.76. The van der Waals surface area contributed by atoms with Gasteiger partial charge in [-0.15, -0.1) is 0 Å². The summed E-state index contributed by atoms with van der Waals surface area (Å²) in [5, 5.41) is 20.0. The highest BCUT2D eigenvalue weighted by Crippen LogP contribution is 2.42. The van der Waals surface area contributed by atoms with Crippen LogP contribution in [0.4, 0.5) is 0 Å². The van der Waals surface area contributed by atoms with Crippen molar-refractivity contribution in [3.63, 3.8) is 0 Å². The van der Waals surface area contributed by atoms with E-state index in [2.05, 4.69) is 0 Å². The summed E-state index contributed by atoms with van der Waals surface area (Å²) in [6, 6.07) is 6.89. The van der Waals surface area contributed by atoms with Crippen molar-refractivity contribution in [3.05, 3.63) is 52.6 Å². The van der Waals surface area contributed by atoms with Gasteiger partial charge >= 0.3 is 0 Å². The first-order valence-electron chi connectivity index (χ1n) is 6.50. The van der Waals surface area contributed by atoms with Crippen molar-refractivity contribution in [2.24, 2.45) is 0 Å². The van der Waals surface area contributed by atoms with E-state index in [-0.39, 0.29) is 16.7 Å². The van der Waals surface area contributed by atoms with Gasteiger partial charge < -0.3 is 10.2 Å². The van der Waals surface area contributed by atoms with Gasteiger partial charge in [0.1, 0.15) is 4.90 Å². The molecule has 3 N–H and O–H groups in total. The molecule has 1 aliphatic rings. The number of phenols is 2. The number of sulfonamides is 1. The minimum absolute atomic E-state index is 0.0870. The highest BCUT2D eigenvalue weighted by atomic mass is 32.2. The first-order chi connectivity index (χ1) is 10.8. The number of ketones is 2. The fourth-order valence-corrected chi connectivity index (χ4v) is 3.36. The van der Waals surface area contributed by atoms with Crippen LogP contribution in [0.1, 0.15) is 31.8 Å². The summed E-state index contributed by atoms with van der Waals surface area (Å²) >= 11 is 0. The summed E-state index contributed by atoms with van der Waals surface area (Å²) in [5.74, 6) is -3.16. The number of aromatic hydroxyl groups is 2. The Labute approximate surface area is 131 Å². The van der Waals surface area contributed by atoms with Crippen molar-refractivity contribution in [2.45, 2.75) is 4.90 Å². The molecule has 1 aliphatic carbocycles. The Bertz CT molecular complexity index is 978. The SMILES string of the molecule is CNS(=O)(=O)c1cc2c(c(O)c1O)C(=O)c1ccccc1C2=O. The monoisotopic (exact) mass is 333 g/mol. The third kappa shape index (κ3) is 2.03. The average molecular weight is 333 g/mol. The molecule has 0 radical (unpaired) electrons. The Kier molecular flexibility index (Phi) is 3.24. The molecule has 0 saturated heterocycles. The maximum Gasteiger partial charge on any atom is 0.244 e. The van der Waals surface area contributed by atoms with E-state index in [0.717, 1.165) is 13.1 Å².